The first-order chi connectivity index (χ1) is 16.3. The Kier molecular flexibility index (Phi) is 6.77. The molecule has 2 aliphatic rings. The van der Waals surface area contributed by atoms with E-state index in [0.29, 0.717) is 30.8 Å². The van der Waals surface area contributed by atoms with E-state index in [1.807, 2.05) is 18.2 Å². The minimum atomic E-state index is -0.801. The molecule has 4 rings (SSSR count). The van der Waals surface area contributed by atoms with Crippen LogP contribution in [0.1, 0.15) is 55.9 Å². The molecule has 1 aromatic carbocycles. The molecule has 2 unspecified atom stereocenters. The Labute approximate surface area is 198 Å². The maximum absolute atomic E-state index is 13.2. The van der Waals surface area contributed by atoms with Crippen molar-refractivity contribution in [1.82, 2.24) is 20.9 Å². The summed E-state index contributed by atoms with van der Waals surface area (Å²) >= 11 is 0. The van der Waals surface area contributed by atoms with Crippen molar-refractivity contribution in [2.75, 3.05) is 13.7 Å². The van der Waals surface area contributed by atoms with E-state index in [0.717, 1.165) is 30.2 Å². The minimum absolute atomic E-state index is 0.00957. The van der Waals surface area contributed by atoms with Crippen LogP contribution in [-0.4, -0.2) is 48.4 Å². The van der Waals surface area contributed by atoms with E-state index in [-0.39, 0.29) is 23.7 Å². The zero-order chi connectivity index (χ0) is 24.3. The van der Waals surface area contributed by atoms with Gasteiger partial charge in [0.05, 0.1) is 13.2 Å². The van der Waals surface area contributed by atoms with Gasteiger partial charge in [0.25, 0.3) is 5.91 Å². The summed E-state index contributed by atoms with van der Waals surface area (Å²) in [5.41, 5.74) is 1.08. The van der Waals surface area contributed by atoms with E-state index in [1.54, 1.807) is 13.2 Å². The summed E-state index contributed by atoms with van der Waals surface area (Å²) in [5.74, 6) is -0.531. The maximum Gasteiger partial charge on any atom is 0.268 e. The van der Waals surface area contributed by atoms with Gasteiger partial charge in [-0.25, -0.2) is 0 Å². The van der Waals surface area contributed by atoms with Crippen LogP contribution in [-0.2, 0) is 9.59 Å². The molecular weight excluding hydrogens is 434 g/mol. The highest BCUT2D eigenvalue weighted by atomic mass is 16.5. The second-order valence-electron chi connectivity index (χ2n) is 9.70. The number of aromatic amines is 1. The molecule has 9 nitrogen and oxygen atoms in total. The zero-order valence-electron chi connectivity index (χ0n) is 19.6. The van der Waals surface area contributed by atoms with Crippen LogP contribution in [0.25, 0.3) is 10.9 Å². The minimum Gasteiger partial charge on any atom is -0.496 e. The van der Waals surface area contributed by atoms with Crippen molar-refractivity contribution in [3.8, 4) is 11.8 Å². The largest absolute Gasteiger partial charge is 0.496 e. The molecule has 3 amide bonds. The highest BCUT2D eigenvalue weighted by Crippen LogP contribution is 2.49. The lowest BCUT2D eigenvalue weighted by molar-refractivity contribution is -0.128. The van der Waals surface area contributed by atoms with Gasteiger partial charge in [-0.3, -0.25) is 14.4 Å². The van der Waals surface area contributed by atoms with Crippen LogP contribution in [0.2, 0.25) is 0 Å². The predicted octanol–water partition coefficient (Wildman–Crippen LogP) is 2.39. The third-order valence-corrected chi connectivity index (χ3v) is 6.90. The normalized spacial score (nSPS) is 20.5. The molecule has 2 aromatic rings. The van der Waals surface area contributed by atoms with Crippen LogP contribution in [0.5, 0.6) is 5.75 Å². The molecule has 1 saturated carbocycles. The second-order valence-corrected chi connectivity index (χ2v) is 9.70. The van der Waals surface area contributed by atoms with E-state index >= 15 is 0 Å². The Morgan fingerprint density at radius 3 is 2.79 bits per heavy atom. The van der Waals surface area contributed by atoms with E-state index in [9.17, 15) is 19.6 Å². The third-order valence-electron chi connectivity index (χ3n) is 6.90. The number of rotatable bonds is 9. The molecule has 3 atom stereocenters. The number of benzene rings is 1. The first-order valence-electron chi connectivity index (χ1n) is 11.8. The zero-order valence-corrected chi connectivity index (χ0v) is 19.6. The van der Waals surface area contributed by atoms with Crippen molar-refractivity contribution < 1.29 is 19.1 Å². The average Bonchev–Trinajstić information content (AvgIpc) is 3.38. The maximum atomic E-state index is 13.2. The van der Waals surface area contributed by atoms with Crippen molar-refractivity contribution in [3.63, 3.8) is 0 Å². The molecule has 34 heavy (non-hydrogen) atoms. The molecule has 180 valence electrons. The van der Waals surface area contributed by atoms with Gasteiger partial charge in [-0.1, -0.05) is 13.0 Å². The van der Waals surface area contributed by atoms with Crippen molar-refractivity contribution in [2.24, 2.45) is 11.3 Å². The lowest BCUT2D eigenvalue weighted by Crippen LogP contribution is -2.51. The number of piperidine rings is 1. The molecule has 0 spiro atoms. The van der Waals surface area contributed by atoms with Crippen molar-refractivity contribution in [1.29, 1.82) is 5.26 Å². The molecule has 1 aliphatic carbocycles. The molecule has 0 radical (unpaired) electrons. The monoisotopic (exact) mass is 465 g/mol. The fourth-order valence-corrected chi connectivity index (χ4v) is 4.54. The molecule has 9 heteroatoms. The van der Waals surface area contributed by atoms with Gasteiger partial charge in [0.15, 0.2) is 0 Å². The SMILES string of the molecule is COc1cccc2[nH]c(C(=O)NC(CC3(C)CC3)C(=O)NC(C#N)C[C@@H]3CCCNC3=O)cc12. The van der Waals surface area contributed by atoms with E-state index < -0.39 is 23.9 Å². The van der Waals surface area contributed by atoms with Gasteiger partial charge >= 0.3 is 0 Å². The highest BCUT2D eigenvalue weighted by molar-refractivity contribution is 6.01. The second kappa shape index (κ2) is 9.75. The summed E-state index contributed by atoms with van der Waals surface area (Å²) in [6.45, 7) is 2.73. The van der Waals surface area contributed by atoms with E-state index in [4.69, 9.17) is 4.74 Å². The molecule has 2 heterocycles. The molecule has 2 fully saturated rings. The van der Waals surface area contributed by atoms with Crippen molar-refractivity contribution >= 4 is 28.6 Å². The molecular formula is C25H31N5O4. The Morgan fingerprint density at radius 2 is 2.12 bits per heavy atom. The van der Waals surface area contributed by atoms with Crippen LogP contribution >= 0.6 is 0 Å². The van der Waals surface area contributed by atoms with E-state index in [2.05, 4.69) is 33.9 Å². The lowest BCUT2D eigenvalue weighted by atomic mass is 9.91. The number of hydrogen-bond donors (Lipinski definition) is 4. The van der Waals surface area contributed by atoms with Gasteiger partial charge in [0.1, 0.15) is 23.5 Å². The number of carbonyl (C=O) groups is 3. The molecule has 1 aromatic heterocycles. The van der Waals surface area contributed by atoms with E-state index in [1.165, 1.54) is 0 Å². The average molecular weight is 466 g/mol. The Morgan fingerprint density at radius 1 is 1.32 bits per heavy atom. The first-order valence-corrected chi connectivity index (χ1v) is 11.8. The highest BCUT2D eigenvalue weighted by Gasteiger charge is 2.42. The number of hydrogen-bond acceptors (Lipinski definition) is 5. The number of nitrogens with zero attached hydrogens (tertiary/aromatic N) is 1. The van der Waals surface area contributed by atoms with Gasteiger partial charge in [0, 0.05) is 23.4 Å². The summed E-state index contributed by atoms with van der Waals surface area (Å²) in [6, 6.07) is 7.72. The van der Waals surface area contributed by atoms with Gasteiger partial charge in [0.2, 0.25) is 11.8 Å². The number of aromatic nitrogens is 1. The molecule has 1 saturated heterocycles. The smallest absolute Gasteiger partial charge is 0.268 e. The number of fused-ring (bicyclic) bond motifs is 1. The van der Waals surface area contributed by atoms with Crippen LogP contribution in [0.15, 0.2) is 24.3 Å². The summed E-state index contributed by atoms with van der Waals surface area (Å²) in [4.78, 5) is 41.4. The van der Waals surface area contributed by atoms with Gasteiger partial charge in [-0.05, 0) is 62.1 Å². The predicted molar refractivity (Wildman–Crippen MR) is 126 cm³/mol. The van der Waals surface area contributed by atoms with Crippen LogP contribution in [0, 0.1) is 22.7 Å². The Hall–Kier alpha value is -3.54. The Bertz CT molecular complexity index is 1130. The number of carbonyl (C=O) groups excluding carboxylic acids is 3. The summed E-state index contributed by atoms with van der Waals surface area (Å²) in [5, 5.41) is 18.8. The number of nitrogens with one attached hydrogen (secondary N) is 4. The summed E-state index contributed by atoms with van der Waals surface area (Å²) < 4.78 is 5.37. The molecule has 0 bridgehead atoms. The fraction of sp³-hybridized carbons (Fsp3) is 0.520. The number of H-pyrrole nitrogens is 1. The van der Waals surface area contributed by atoms with Crippen LogP contribution in [0.3, 0.4) is 0 Å². The van der Waals surface area contributed by atoms with Crippen LogP contribution < -0.4 is 20.7 Å². The topological polar surface area (TPSA) is 136 Å². The summed E-state index contributed by atoms with van der Waals surface area (Å²) in [6.07, 6.45) is 4.26. The number of amides is 3. The number of ether oxygens (including phenoxy) is 1. The fourth-order valence-electron chi connectivity index (χ4n) is 4.54. The summed E-state index contributed by atoms with van der Waals surface area (Å²) in [7, 11) is 1.57. The molecule has 1 aliphatic heterocycles. The first kappa shape index (κ1) is 23.6. The van der Waals surface area contributed by atoms with Crippen molar-refractivity contribution in [3.05, 3.63) is 30.0 Å². The number of methoxy groups -OCH3 is 1. The molecule has 4 N–H and O–H groups in total. The van der Waals surface area contributed by atoms with Crippen LogP contribution in [0.4, 0.5) is 0 Å². The van der Waals surface area contributed by atoms with Crippen molar-refractivity contribution in [2.45, 2.75) is 57.5 Å². The number of nitriles is 1. The lowest BCUT2D eigenvalue weighted by Gasteiger charge is -2.26. The third kappa shape index (κ3) is 5.33. The van der Waals surface area contributed by atoms with Gasteiger partial charge < -0.3 is 25.7 Å². The van der Waals surface area contributed by atoms with Gasteiger partial charge in [-0.15, -0.1) is 0 Å². The standard InChI is InChI=1S/C25H31N5O4/c1-25(8-9-25)13-20(24(33)28-16(14-26)11-15-5-4-10-27-22(15)31)30-23(32)19-12-17-18(29-19)6-3-7-21(17)34-2/h3,6-7,12,15-16,20,29H,4-5,8-11,13H2,1-2H3,(H,27,31)(H,28,33)(H,30,32)/t15-,16?,20?/m0/s1. The Balaban J connectivity index is 1.46. The van der Waals surface area contributed by atoms with Gasteiger partial charge in [-0.2, -0.15) is 5.26 Å². The quantitative estimate of drug-likeness (QED) is 0.451.